The number of rotatable bonds is 4. The van der Waals surface area contributed by atoms with Gasteiger partial charge in [-0.2, -0.15) is 0 Å². The van der Waals surface area contributed by atoms with Crippen molar-refractivity contribution < 1.29 is 23.5 Å². The van der Waals surface area contributed by atoms with Gasteiger partial charge in [0.1, 0.15) is 5.76 Å². The lowest BCUT2D eigenvalue weighted by Gasteiger charge is -2.26. The zero-order valence-electron chi connectivity index (χ0n) is 17.8. The van der Waals surface area contributed by atoms with Gasteiger partial charge in [-0.15, -0.1) is 0 Å². The van der Waals surface area contributed by atoms with Crippen molar-refractivity contribution in [2.75, 3.05) is 13.7 Å². The number of ether oxygens (including phenoxy) is 1. The zero-order valence-corrected chi connectivity index (χ0v) is 17.8. The molecular formula is C24H23N3O5. The van der Waals surface area contributed by atoms with Crippen molar-refractivity contribution >= 4 is 40.5 Å². The number of carbonyl (C=O) groups is 3. The number of benzene rings is 1. The van der Waals surface area contributed by atoms with E-state index in [1.165, 1.54) is 7.05 Å². The van der Waals surface area contributed by atoms with E-state index in [2.05, 4.69) is 17.6 Å². The highest BCUT2D eigenvalue weighted by Crippen LogP contribution is 2.38. The molecule has 164 valence electrons. The van der Waals surface area contributed by atoms with E-state index in [4.69, 9.17) is 14.1 Å². The third kappa shape index (κ3) is 4.39. The minimum atomic E-state index is -0.711. The Labute approximate surface area is 184 Å². The average Bonchev–Trinajstić information content (AvgIpc) is 3.29. The molecule has 3 aromatic rings. The molecular weight excluding hydrogens is 410 g/mol. The van der Waals surface area contributed by atoms with E-state index < -0.39 is 24.5 Å². The predicted octanol–water partition coefficient (Wildman–Crippen LogP) is 3.56. The van der Waals surface area contributed by atoms with Crippen LogP contribution in [-0.4, -0.2) is 36.5 Å². The number of aromatic nitrogens is 1. The van der Waals surface area contributed by atoms with E-state index in [9.17, 15) is 14.4 Å². The van der Waals surface area contributed by atoms with Gasteiger partial charge < -0.3 is 14.5 Å². The first kappa shape index (κ1) is 21.3. The molecule has 0 bridgehead atoms. The standard InChI is InChI=1S/C24H23N3O5/c1-14-10-15(12-16-6-5-9-31-16)22-18(11-14)21(17-7-3-4-8-19(17)26-22)23(29)32-13-20(28)27-24(30)25-2/h3-9,12,14H,10-11,13H2,1-2H3,(H2,25,27,28,30)/b15-12-. The molecule has 8 nitrogen and oxygen atoms in total. The summed E-state index contributed by atoms with van der Waals surface area (Å²) in [7, 11) is 1.39. The van der Waals surface area contributed by atoms with E-state index in [0.29, 0.717) is 28.6 Å². The summed E-state index contributed by atoms with van der Waals surface area (Å²) in [5, 5.41) is 5.01. The Hall–Kier alpha value is -3.94. The van der Waals surface area contributed by atoms with Gasteiger partial charge in [-0.25, -0.2) is 14.6 Å². The van der Waals surface area contributed by atoms with Gasteiger partial charge in [0.05, 0.1) is 23.0 Å². The van der Waals surface area contributed by atoms with E-state index in [0.717, 1.165) is 23.3 Å². The van der Waals surface area contributed by atoms with Crippen molar-refractivity contribution in [2.45, 2.75) is 19.8 Å². The lowest BCUT2D eigenvalue weighted by Crippen LogP contribution is -2.39. The number of nitrogens with zero attached hydrogens (tertiary/aromatic N) is 1. The van der Waals surface area contributed by atoms with Crippen LogP contribution in [0.4, 0.5) is 4.79 Å². The molecule has 1 unspecified atom stereocenters. The first-order valence-corrected chi connectivity index (χ1v) is 10.3. The molecule has 0 fully saturated rings. The monoisotopic (exact) mass is 433 g/mol. The van der Waals surface area contributed by atoms with Gasteiger partial charge in [0.15, 0.2) is 6.61 Å². The number of urea groups is 1. The zero-order chi connectivity index (χ0) is 22.7. The van der Waals surface area contributed by atoms with Crippen LogP contribution in [0.2, 0.25) is 0 Å². The SMILES string of the molecule is CNC(=O)NC(=O)COC(=O)c1c2c(nc3ccccc13)/C(=C\c1ccco1)CC(C)C2. The fourth-order valence-electron chi connectivity index (χ4n) is 3.94. The van der Waals surface area contributed by atoms with E-state index in [1.54, 1.807) is 6.26 Å². The summed E-state index contributed by atoms with van der Waals surface area (Å²) in [5.41, 5.74) is 3.56. The van der Waals surface area contributed by atoms with Gasteiger partial charge >= 0.3 is 12.0 Å². The Kier molecular flexibility index (Phi) is 6.02. The second kappa shape index (κ2) is 9.05. The molecule has 2 aromatic heterocycles. The molecule has 1 aliphatic rings. The maximum absolute atomic E-state index is 13.2. The Morgan fingerprint density at radius 3 is 2.75 bits per heavy atom. The van der Waals surface area contributed by atoms with Crippen LogP contribution in [0.3, 0.4) is 0 Å². The molecule has 1 atom stereocenters. The first-order chi connectivity index (χ1) is 15.5. The number of hydrogen-bond acceptors (Lipinski definition) is 6. The number of furan rings is 1. The number of carbonyl (C=O) groups excluding carboxylic acids is 3. The van der Waals surface area contributed by atoms with Crippen molar-refractivity contribution in [1.29, 1.82) is 0 Å². The van der Waals surface area contributed by atoms with Crippen LogP contribution >= 0.6 is 0 Å². The summed E-state index contributed by atoms with van der Waals surface area (Å²) in [6.45, 7) is 1.54. The number of nitrogens with one attached hydrogen (secondary N) is 2. The second-order valence-corrected chi connectivity index (χ2v) is 7.73. The van der Waals surface area contributed by atoms with Gasteiger partial charge in [-0.05, 0) is 54.2 Å². The first-order valence-electron chi connectivity index (χ1n) is 10.3. The summed E-state index contributed by atoms with van der Waals surface area (Å²) >= 11 is 0. The number of allylic oxidation sites excluding steroid dienone is 1. The normalized spacial score (nSPS) is 16.4. The Morgan fingerprint density at radius 1 is 1.19 bits per heavy atom. The van der Waals surface area contributed by atoms with Gasteiger partial charge in [0.25, 0.3) is 5.91 Å². The molecule has 3 amide bonds. The van der Waals surface area contributed by atoms with Crippen LogP contribution in [0, 0.1) is 5.92 Å². The highest BCUT2D eigenvalue weighted by molar-refractivity contribution is 6.07. The smallest absolute Gasteiger partial charge is 0.339 e. The Bertz CT molecular complexity index is 1210. The number of hydrogen-bond donors (Lipinski definition) is 2. The minimum Gasteiger partial charge on any atom is -0.465 e. The predicted molar refractivity (Wildman–Crippen MR) is 119 cm³/mol. The second-order valence-electron chi connectivity index (χ2n) is 7.73. The van der Waals surface area contributed by atoms with E-state index in [-0.39, 0.29) is 5.92 Å². The number of amides is 3. The molecule has 1 aromatic carbocycles. The molecule has 0 spiro atoms. The van der Waals surface area contributed by atoms with Crippen molar-refractivity contribution in [3.8, 4) is 0 Å². The van der Waals surface area contributed by atoms with Gasteiger partial charge in [-0.1, -0.05) is 25.1 Å². The molecule has 0 saturated carbocycles. The maximum Gasteiger partial charge on any atom is 0.339 e. The Morgan fingerprint density at radius 2 is 2.00 bits per heavy atom. The molecule has 1 aliphatic carbocycles. The fourth-order valence-corrected chi connectivity index (χ4v) is 3.94. The summed E-state index contributed by atoms with van der Waals surface area (Å²) in [6, 6.07) is 10.4. The largest absolute Gasteiger partial charge is 0.465 e. The fraction of sp³-hybridized carbons (Fsp3) is 0.250. The molecule has 32 heavy (non-hydrogen) atoms. The number of para-hydroxylation sites is 1. The number of esters is 1. The molecule has 4 rings (SSSR count). The van der Waals surface area contributed by atoms with Gasteiger partial charge in [-0.3, -0.25) is 10.1 Å². The molecule has 0 saturated heterocycles. The molecule has 0 radical (unpaired) electrons. The molecule has 8 heteroatoms. The molecule has 2 heterocycles. The number of pyridine rings is 1. The average molecular weight is 433 g/mol. The van der Waals surface area contributed by atoms with Crippen molar-refractivity contribution in [2.24, 2.45) is 5.92 Å². The summed E-state index contributed by atoms with van der Waals surface area (Å²) in [4.78, 5) is 41.2. The van der Waals surface area contributed by atoms with Crippen LogP contribution in [0.25, 0.3) is 22.6 Å². The Balaban J connectivity index is 1.75. The number of fused-ring (bicyclic) bond motifs is 2. The topological polar surface area (TPSA) is 111 Å². The van der Waals surface area contributed by atoms with Crippen LogP contribution in [0.15, 0.2) is 47.1 Å². The summed E-state index contributed by atoms with van der Waals surface area (Å²) in [6.07, 6.45) is 5.00. The molecule has 0 aliphatic heterocycles. The van der Waals surface area contributed by atoms with Crippen molar-refractivity contribution in [3.05, 3.63) is 65.2 Å². The maximum atomic E-state index is 13.2. The van der Waals surface area contributed by atoms with Crippen molar-refractivity contribution in [1.82, 2.24) is 15.6 Å². The minimum absolute atomic E-state index is 0.273. The van der Waals surface area contributed by atoms with E-state index in [1.807, 2.05) is 42.5 Å². The van der Waals surface area contributed by atoms with Crippen LogP contribution < -0.4 is 10.6 Å². The summed E-state index contributed by atoms with van der Waals surface area (Å²) in [5.74, 6) is -0.352. The third-order valence-electron chi connectivity index (χ3n) is 5.30. The quantitative estimate of drug-likeness (QED) is 0.609. The highest BCUT2D eigenvalue weighted by Gasteiger charge is 2.29. The lowest BCUT2D eigenvalue weighted by atomic mass is 9.81. The highest BCUT2D eigenvalue weighted by atomic mass is 16.5. The van der Waals surface area contributed by atoms with Crippen LogP contribution in [0.1, 0.15) is 40.7 Å². The van der Waals surface area contributed by atoms with Crippen LogP contribution in [-0.2, 0) is 16.0 Å². The number of imide groups is 1. The lowest BCUT2D eigenvalue weighted by molar-refractivity contribution is -0.123. The third-order valence-corrected chi connectivity index (χ3v) is 5.30. The summed E-state index contributed by atoms with van der Waals surface area (Å²) < 4.78 is 10.8. The van der Waals surface area contributed by atoms with Crippen LogP contribution in [0.5, 0.6) is 0 Å². The molecule has 2 N–H and O–H groups in total. The van der Waals surface area contributed by atoms with Gasteiger partial charge in [0.2, 0.25) is 0 Å². The van der Waals surface area contributed by atoms with Gasteiger partial charge in [0, 0.05) is 12.4 Å². The van der Waals surface area contributed by atoms with Crippen molar-refractivity contribution in [3.63, 3.8) is 0 Å². The van der Waals surface area contributed by atoms with E-state index >= 15 is 0 Å².